The zero-order valence-electron chi connectivity index (χ0n) is 19.3. The van der Waals surface area contributed by atoms with Gasteiger partial charge in [-0.15, -0.1) is 0 Å². The van der Waals surface area contributed by atoms with Gasteiger partial charge in [-0.05, 0) is 63.6 Å². The van der Waals surface area contributed by atoms with Crippen molar-refractivity contribution in [2.75, 3.05) is 13.1 Å². The zero-order valence-corrected chi connectivity index (χ0v) is 19.3. The summed E-state index contributed by atoms with van der Waals surface area (Å²) in [6.45, 7) is 6.72. The normalized spacial score (nSPS) is 20.6. The molecule has 1 saturated carbocycles. The van der Waals surface area contributed by atoms with Crippen LogP contribution in [-0.4, -0.2) is 45.4 Å². The Morgan fingerprint density at radius 2 is 1.84 bits per heavy atom. The molecule has 1 saturated heterocycles. The third kappa shape index (κ3) is 4.72. The number of fused-ring (bicyclic) bond motifs is 1. The molecular formula is C26H37N3O2. The molecule has 168 valence electrons. The fourth-order valence-corrected chi connectivity index (χ4v) is 5.64. The second-order valence-electron chi connectivity index (χ2n) is 9.77. The lowest BCUT2D eigenvalue weighted by atomic mass is 9.88. The number of hydrogen-bond donors (Lipinski definition) is 0. The van der Waals surface area contributed by atoms with Gasteiger partial charge in [-0.3, -0.25) is 14.5 Å². The maximum atomic E-state index is 13.6. The third-order valence-electron chi connectivity index (χ3n) is 7.35. The Morgan fingerprint density at radius 3 is 2.58 bits per heavy atom. The van der Waals surface area contributed by atoms with E-state index in [1.165, 1.54) is 12.8 Å². The van der Waals surface area contributed by atoms with Gasteiger partial charge < -0.3 is 9.47 Å². The quantitative estimate of drug-likeness (QED) is 0.695. The lowest BCUT2D eigenvalue weighted by molar-refractivity contribution is -0.138. The van der Waals surface area contributed by atoms with Crippen LogP contribution < -0.4 is 5.56 Å². The summed E-state index contributed by atoms with van der Waals surface area (Å²) in [6.07, 6.45) is 7.81. The minimum absolute atomic E-state index is 0.00674. The molecule has 2 aromatic rings. The molecule has 1 atom stereocenters. The van der Waals surface area contributed by atoms with Gasteiger partial charge in [-0.2, -0.15) is 0 Å². The van der Waals surface area contributed by atoms with Gasteiger partial charge in [-0.1, -0.05) is 37.5 Å². The number of aryl methyl sites for hydroxylation is 1. The molecule has 2 fully saturated rings. The van der Waals surface area contributed by atoms with E-state index in [1.807, 2.05) is 42.3 Å². The highest BCUT2D eigenvalue weighted by Gasteiger charge is 2.33. The van der Waals surface area contributed by atoms with E-state index >= 15 is 0 Å². The maximum Gasteiger partial charge on any atom is 0.255 e. The minimum Gasteiger partial charge on any atom is -0.336 e. The summed E-state index contributed by atoms with van der Waals surface area (Å²) < 4.78 is 1.73. The van der Waals surface area contributed by atoms with Gasteiger partial charge in [0.15, 0.2) is 0 Å². The topological polar surface area (TPSA) is 45.5 Å². The Hall–Kier alpha value is -2.14. The molecule has 4 rings (SSSR count). The molecule has 0 bridgehead atoms. The highest BCUT2D eigenvalue weighted by Crippen LogP contribution is 2.28. The molecule has 5 heteroatoms. The molecule has 1 aliphatic heterocycles. The zero-order chi connectivity index (χ0) is 22.0. The first-order valence-electron chi connectivity index (χ1n) is 12.1. The second-order valence-corrected chi connectivity index (χ2v) is 9.77. The van der Waals surface area contributed by atoms with Crippen molar-refractivity contribution in [3.05, 3.63) is 46.2 Å². The lowest BCUT2D eigenvalue weighted by Gasteiger charge is -2.35. The van der Waals surface area contributed by atoms with Crippen LogP contribution in [0, 0.1) is 5.92 Å². The molecule has 0 N–H and O–H groups in total. The number of likely N-dealkylation sites (tertiary alicyclic amines) is 1. The molecule has 2 heterocycles. The van der Waals surface area contributed by atoms with Crippen LogP contribution in [0.3, 0.4) is 0 Å². The van der Waals surface area contributed by atoms with Crippen LogP contribution in [0.4, 0.5) is 0 Å². The molecule has 1 aromatic carbocycles. The van der Waals surface area contributed by atoms with Gasteiger partial charge in [0.05, 0.1) is 12.1 Å². The van der Waals surface area contributed by atoms with Gasteiger partial charge in [0, 0.05) is 37.2 Å². The molecule has 5 nitrogen and oxygen atoms in total. The maximum absolute atomic E-state index is 13.6. The number of carbonyl (C=O) groups is 1. The first kappa shape index (κ1) is 22.1. The van der Waals surface area contributed by atoms with E-state index < -0.39 is 0 Å². The summed E-state index contributed by atoms with van der Waals surface area (Å²) >= 11 is 0. The van der Waals surface area contributed by atoms with E-state index in [0.717, 1.165) is 61.7 Å². The average Bonchev–Trinajstić information content (AvgIpc) is 3.25. The molecule has 1 unspecified atom stereocenters. The smallest absolute Gasteiger partial charge is 0.255 e. The molecular weight excluding hydrogens is 386 g/mol. The third-order valence-corrected chi connectivity index (χ3v) is 7.35. The molecule has 31 heavy (non-hydrogen) atoms. The van der Waals surface area contributed by atoms with Crippen molar-refractivity contribution in [1.82, 2.24) is 14.4 Å². The van der Waals surface area contributed by atoms with E-state index in [4.69, 9.17) is 0 Å². The Labute approximate surface area is 186 Å². The number of aromatic nitrogens is 1. The van der Waals surface area contributed by atoms with Crippen molar-refractivity contribution in [1.29, 1.82) is 0 Å². The number of rotatable bonds is 6. The summed E-state index contributed by atoms with van der Waals surface area (Å²) in [7, 11) is 1.83. The number of carbonyl (C=O) groups excluding carboxylic acids is 1. The first-order chi connectivity index (χ1) is 15.0. The summed E-state index contributed by atoms with van der Waals surface area (Å²) in [5.74, 6) is 0.373. The van der Waals surface area contributed by atoms with Crippen LogP contribution in [0.15, 0.2) is 35.1 Å². The van der Waals surface area contributed by atoms with Crippen molar-refractivity contribution >= 4 is 16.8 Å². The number of pyridine rings is 1. The number of benzene rings is 1. The summed E-state index contributed by atoms with van der Waals surface area (Å²) in [5.41, 5.74) is 1.66. The number of amides is 1. The van der Waals surface area contributed by atoms with E-state index in [9.17, 15) is 9.59 Å². The van der Waals surface area contributed by atoms with Crippen LogP contribution in [0.1, 0.15) is 64.4 Å². The summed E-state index contributed by atoms with van der Waals surface area (Å²) in [6, 6.07) is 10.8. The molecule has 0 spiro atoms. The van der Waals surface area contributed by atoms with Crippen molar-refractivity contribution in [2.24, 2.45) is 13.0 Å². The molecule has 1 aromatic heterocycles. The summed E-state index contributed by atoms with van der Waals surface area (Å²) in [5, 5.41) is 1.05. The molecule has 1 amide bonds. The van der Waals surface area contributed by atoms with E-state index in [2.05, 4.69) is 18.7 Å². The summed E-state index contributed by atoms with van der Waals surface area (Å²) in [4.78, 5) is 31.3. The van der Waals surface area contributed by atoms with E-state index in [1.54, 1.807) is 4.57 Å². The van der Waals surface area contributed by atoms with Crippen LogP contribution in [0.5, 0.6) is 0 Å². The van der Waals surface area contributed by atoms with Crippen LogP contribution in [0.2, 0.25) is 0 Å². The van der Waals surface area contributed by atoms with Crippen LogP contribution in [-0.2, 0) is 18.4 Å². The van der Waals surface area contributed by atoms with E-state index in [0.29, 0.717) is 18.6 Å². The van der Waals surface area contributed by atoms with Crippen molar-refractivity contribution in [3.63, 3.8) is 0 Å². The Bertz CT molecular complexity index is 974. The predicted octanol–water partition coefficient (Wildman–Crippen LogP) is 4.32. The Morgan fingerprint density at radius 1 is 1.10 bits per heavy atom. The highest BCUT2D eigenvalue weighted by molar-refractivity contribution is 5.81. The monoisotopic (exact) mass is 423 g/mol. The Balaban J connectivity index is 1.64. The fourth-order valence-electron chi connectivity index (χ4n) is 5.64. The first-order valence-corrected chi connectivity index (χ1v) is 12.1. The highest BCUT2D eigenvalue weighted by atomic mass is 16.2. The SMILES string of the molecule is CC(C)N1CCCC1CN(Cc1cc2ccccc2n(C)c1=O)C(=O)C1CCCCC1. The molecule has 1 aliphatic carbocycles. The standard InChI is InChI=1S/C26H37N3O2/c1-19(2)29-15-9-13-23(29)18-28(26(31)20-10-5-4-6-11-20)17-22-16-21-12-7-8-14-24(21)27(3)25(22)30/h7-8,12,14,16,19-20,23H,4-6,9-11,13,15,17-18H2,1-3H3. The second kappa shape index (κ2) is 9.56. The molecule has 0 radical (unpaired) electrons. The fraction of sp³-hybridized carbons (Fsp3) is 0.615. The van der Waals surface area contributed by atoms with Crippen molar-refractivity contribution in [2.45, 2.75) is 77.4 Å². The average molecular weight is 424 g/mol. The van der Waals surface area contributed by atoms with Gasteiger partial charge in [-0.25, -0.2) is 0 Å². The van der Waals surface area contributed by atoms with Gasteiger partial charge in [0.25, 0.3) is 5.56 Å². The van der Waals surface area contributed by atoms with E-state index in [-0.39, 0.29) is 17.4 Å². The number of para-hydroxylation sites is 1. The predicted molar refractivity (Wildman–Crippen MR) is 126 cm³/mol. The lowest BCUT2D eigenvalue weighted by Crippen LogP contribution is -2.47. The Kier molecular flexibility index (Phi) is 6.80. The van der Waals surface area contributed by atoms with Crippen LogP contribution in [0.25, 0.3) is 10.9 Å². The van der Waals surface area contributed by atoms with Crippen molar-refractivity contribution in [3.8, 4) is 0 Å². The van der Waals surface area contributed by atoms with Gasteiger partial charge in [0.2, 0.25) is 5.91 Å². The minimum atomic E-state index is 0.00674. The largest absolute Gasteiger partial charge is 0.336 e. The number of nitrogens with zero attached hydrogens (tertiary/aromatic N) is 3. The van der Waals surface area contributed by atoms with Crippen molar-refractivity contribution < 1.29 is 4.79 Å². The van der Waals surface area contributed by atoms with Crippen LogP contribution >= 0.6 is 0 Å². The number of hydrogen-bond acceptors (Lipinski definition) is 3. The van der Waals surface area contributed by atoms with Gasteiger partial charge >= 0.3 is 0 Å². The molecule has 2 aliphatic rings. The van der Waals surface area contributed by atoms with Gasteiger partial charge in [0.1, 0.15) is 0 Å².